The van der Waals surface area contributed by atoms with E-state index in [9.17, 15) is 0 Å². The molecule has 0 radical (unpaired) electrons. The van der Waals surface area contributed by atoms with Crippen molar-refractivity contribution in [1.29, 1.82) is 0 Å². The molecular formula is C18H30Si2. The summed E-state index contributed by atoms with van der Waals surface area (Å²) < 4.78 is 0. The van der Waals surface area contributed by atoms with Gasteiger partial charge >= 0.3 is 0 Å². The zero-order valence-electron chi connectivity index (χ0n) is 14.0. The van der Waals surface area contributed by atoms with Gasteiger partial charge in [0, 0.05) is 0 Å². The molecule has 0 heterocycles. The van der Waals surface area contributed by atoms with Gasteiger partial charge in [-0.05, 0) is 23.9 Å². The van der Waals surface area contributed by atoms with Gasteiger partial charge in [-0.25, -0.2) is 0 Å². The number of allylic oxidation sites excluding steroid dienone is 8. The maximum Gasteiger partial charge on any atom is 0.0769 e. The Hall–Kier alpha value is -0.606. The predicted octanol–water partition coefficient (Wildman–Crippen LogP) is 5.82. The molecule has 0 bridgehead atoms. The van der Waals surface area contributed by atoms with Crippen LogP contribution in [0.5, 0.6) is 0 Å². The molecule has 2 heteroatoms. The summed E-state index contributed by atoms with van der Waals surface area (Å²) in [6.45, 7) is 15.4. The highest BCUT2D eigenvalue weighted by molar-refractivity contribution is 7.03. The normalized spacial score (nSPS) is 19.2. The van der Waals surface area contributed by atoms with Crippen LogP contribution in [0.3, 0.4) is 0 Å². The van der Waals surface area contributed by atoms with Crippen LogP contribution in [0.4, 0.5) is 0 Å². The van der Waals surface area contributed by atoms with E-state index in [2.05, 4.69) is 76.5 Å². The van der Waals surface area contributed by atoms with E-state index < -0.39 is 16.1 Å². The molecule has 0 unspecified atom stereocenters. The molecule has 2 aliphatic carbocycles. The summed E-state index contributed by atoms with van der Waals surface area (Å²) in [5.74, 6) is 0.793. The molecule has 0 spiro atoms. The average molecular weight is 303 g/mol. The van der Waals surface area contributed by atoms with Gasteiger partial charge in [-0.3, -0.25) is 0 Å². The Morgan fingerprint density at radius 3 is 1.45 bits per heavy atom. The number of hydrogen-bond acceptors (Lipinski definition) is 0. The maximum absolute atomic E-state index is 2.62. The second-order valence-electron chi connectivity index (χ2n) is 7.81. The molecule has 0 aromatic rings. The lowest BCUT2D eigenvalue weighted by molar-refractivity contribution is 0.667. The summed E-state index contributed by atoms with van der Waals surface area (Å²) in [4.78, 5) is 0. The van der Waals surface area contributed by atoms with Gasteiger partial charge in [0.2, 0.25) is 0 Å². The second-order valence-corrected chi connectivity index (χ2v) is 17.8. The van der Waals surface area contributed by atoms with Gasteiger partial charge in [0.25, 0.3) is 0 Å². The average Bonchev–Trinajstić information content (AvgIpc) is 3.02. The minimum Gasteiger partial charge on any atom is -0.0809 e. The lowest BCUT2D eigenvalue weighted by atomic mass is 10.3. The Balaban J connectivity index is 2.36. The molecule has 0 nitrogen and oxygen atoms in total. The third-order valence-corrected chi connectivity index (χ3v) is 18.2. The van der Waals surface area contributed by atoms with Crippen molar-refractivity contribution >= 4 is 16.1 Å². The van der Waals surface area contributed by atoms with Crippen LogP contribution >= 0.6 is 0 Å². The smallest absolute Gasteiger partial charge is 0.0769 e. The monoisotopic (exact) mass is 302 g/mol. The zero-order valence-corrected chi connectivity index (χ0v) is 16.0. The first-order valence-electron chi connectivity index (χ1n) is 8.00. The van der Waals surface area contributed by atoms with E-state index in [0.717, 1.165) is 11.1 Å². The molecule has 20 heavy (non-hydrogen) atoms. The van der Waals surface area contributed by atoms with Gasteiger partial charge in [-0.2, -0.15) is 0 Å². The molecular weight excluding hydrogens is 272 g/mol. The maximum atomic E-state index is 2.62. The first-order valence-corrected chi connectivity index (χ1v) is 14.2. The quantitative estimate of drug-likeness (QED) is 0.561. The molecule has 0 aliphatic heterocycles. The van der Waals surface area contributed by atoms with Gasteiger partial charge in [0.15, 0.2) is 0 Å². The molecule has 0 saturated heterocycles. The van der Waals surface area contributed by atoms with Crippen molar-refractivity contribution < 1.29 is 0 Å². The molecule has 2 rings (SSSR count). The predicted molar refractivity (Wildman–Crippen MR) is 97.2 cm³/mol. The van der Waals surface area contributed by atoms with E-state index in [1.165, 1.54) is 12.8 Å². The summed E-state index contributed by atoms with van der Waals surface area (Å²) in [5, 5.41) is 4.46. The molecule has 0 aromatic carbocycles. The summed E-state index contributed by atoms with van der Waals surface area (Å²) in [5.41, 5.74) is 0. The van der Waals surface area contributed by atoms with Gasteiger partial charge in [-0.15, -0.1) is 0 Å². The molecule has 0 N–H and O–H groups in total. The van der Waals surface area contributed by atoms with Gasteiger partial charge in [0.1, 0.15) is 0 Å². The van der Waals surface area contributed by atoms with Crippen LogP contribution in [0.15, 0.2) is 46.8 Å². The van der Waals surface area contributed by atoms with E-state index >= 15 is 0 Å². The summed E-state index contributed by atoms with van der Waals surface area (Å²) in [6.07, 6.45) is 16.5. The first kappa shape index (κ1) is 15.8. The summed E-state index contributed by atoms with van der Waals surface area (Å²) in [7, 11) is -2.75. The van der Waals surface area contributed by atoms with Crippen molar-refractivity contribution in [3.63, 3.8) is 0 Å². The Kier molecular flexibility index (Phi) is 4.45. The Morgan fingerprint density at radius 1 is 0.800 bits per heavy atom. The highest BCUT2D eigenvalue weighted by Gasteiger charge is 2.48. The van der Waals surface area contributed by atoms with Crippen molar-refractivity contribution in [2.45, 2.75) is 58.0 Å². The summed E-state index contributed by atoms with van der Waals surface area (Å²) in [6, 6.07) is 0. The van der Waals surface area contributed by atoms with E-state index in [0.29, 0.717) is 0 Å². The van der Waals surface area contributed by atoms with Crippen molar-refractivity contribution in [3.8, 4) is 0 Å². The fourth-order valence-electron chi connectivity index (χ4n) is 4.82. The van der Waals surface area contributed by atoms with Gasteiger partial charge in [0.05, 0.1) is 16.1 Å². The van der Waals surface area contributed by atoms with Crippen LogP contribution in [0.1, 0.15) is 26.7 Å². The van der Waals surface area contributed by atoms with Crippen LogP contribution in [-0.4, -0.2) is 16.1 Å². The Labute approximate surface area is 127 Å². The molecule has 0 amide bonds. The van der Waals surface area contributed by atoms with Crippen LogP contribution in [0.2, 0.25) is 31.4 Å². The van der Waals surface area contributed by atoms with E-state index in [4.69, 9.17) is 0 Å². The Bertz CT molecular complexity index is 446. The minimum atomic E-state index is -1.37. The SMILES string of the molecule is CC(C)C([Si](C)(C)C1=CC=CC1)[Si](C)(C)C1=CC=CC1. The molecule has 0 atom stereocenters. The molecule has 0 fully saturated rings. The standard InChI is InChI=1S/C18H30Si2/c1-15(2)18(19(3,4)16-11-7-8-12-16)20(5,6)17-13-9-10-14-17/h7-11,13,15,18H,12,14H2,1-6H3. The van der Waals surface area contributed by atoms with Gasteiger partial charge in [-0.1, -0.05) is 86.9 Å². The number of rotatable bonds is 5. The highest BCUT2D eigenvalue weighted by Crippen LogP contribution is 2.47. The third-order valence-electron chi connectivity index (χ3n) is 5.42. The molecule has 0 saturated carbocycles. The van der Waals surface area contributed by atoms with Crippen molar-refractivity contribution in [1.82, 2.24) is 0 Å². The molecule has 2 aliphatic rings. The largest absolute Gasteiger partial charge is 0.0809 e. The lowest BCUT2D eigenvalue weighted by Gasteiger charge is -2.46. The van der Waals surface area contributed by atoms with Crippen molar-refractivity contribution in [2.75, 3.05) is 0 Å². The highest BCUT2D eigenvalue weighted by atomic mass is 28.4. The minimum absolute atomic E-state index is 0.793. The second kappa shape index (κ2) is 5.65. The lowest BCUT2D eigenvalue weighted by Crippen LogP contribution is -2.52. The van der Waals surface area contributed by atoms with E-state index in [1.54, 1.807) is 10.4 Å². The summed E-state index contributed by atoms with van der Waals surface area (Å²) >= 11 is 0. The first-order chi connectivity index (χ1) is 9.28. The van der Waals surface area contributed by atoms with Crippen LogP contribution in [0.25, 0.3) is 0 Å². The third kappa shape index (κ3) is 2.73. The van der Waals surface area contributed by atoms with Crippen LogP contribution in [-0.2, 0) is 0 Å². The van der Waals surface area contributed by atoms with E-state index in [-0.39, 0.29) is 0 Å². The molecule has 110 valence electrons. The fraction of sp³-hybridized carbons (Fsp3) is 0.556. The fourth-order valence-corrected chi connectivity index (χ4v) is 19.6. The number of hydrogen-bond donors (Lipinski definition) is 0. The van der Waals surface area contributed by atoms with Crippen LogP contribution in [0, 0.1) is 5.92 Å². The van der Waals surface area contributed by atoms with Crippen LogP contribution < -0.4 is 0 Å². The zero-order chi connectivity index (χ0) is 15.0. The Morgan fingerprint density at radius 2 is 1.20 bits per heavy atom. The molecule has 0 aromatic heterocycles. The van der Waals surface area contributed by atoms with Crippen molar-refractivity contribution in [2.24, 2.45) is 5.92 Å². The van der Waals surface area contributed by atoms with Crippen molar-refractivity contribution in [3.05, 3.63) is 46.8 Å². The topological polar surface area (TPSA) is 0 Å². The van der Waals surface area contributed by atoms with Gasteiger partial charge < -0.3 is 0 Å². The van der Waals surface area contributed by atoms with E-state index in [1.807, 2.05) is 0 Å².